The minimum absolute atomic E-state index is 0.294. The molecule has 5 nitrogen and oxygen atoms in total. The predicted molar refractivity (Wildman–Crippen MR) is 83.1 cm³/mol. The van der Waals surface area contributed by atoms with Gasteiger partial charge in [-0.25, -0.2) is 4.79 Å². The maximum atomic E-state index is 11.8. The molecule has 0 aliphatic heterocycles. The molecule has 0 bridgehead atoms. The molecule has 0 spiro atoms. The SMILES string of the molecule is Cc1cc(Br)ccc1NCc1cc(=O)n(C)c(=O)n1C. The van der Waals surface area contributed by atoms with E-state index in [1.54, 1.807) is 7.05 Å². The Balaban J connectivity index is 2.28. The normalized spacial score (nSPS) is 10.6. The largest absolute Gasteiger partial charge is 0.379 e. The van der Waals surface area contributed by atoms with Crippen molar-refractivity contribution in [3.05, 3.63) is 60.8 Å². The minimum atomic E-state index is -0.318. The van der Waals surface area contributed by atoms with Gasteiger partial charge in [0.15, 0.2) is 0 Å². The third kappa shape index (κ3) is 2.85. The van der Waals surface area contributed by atoms with E-state index in [2.05, 4.69) is 21.2 Å². The van der Waals surface area contributed by atoms with Gasteiger partial charge in [0.2, 0.25) is 0 Å². The lowest BCUT2D eigenvalue weighted by atomic mass is 10.2. The maximum absolute atomic E-state index is 11.8. The van der Waals surface area contributed by atoms with Crippen LogP contribution in [0.25, 0.3) is 0 Å². The lowest BCUT2D eigenvalue weighted by Gasteiger charge is -2.13. The summed E-state index contributed by atoms with van der Waals surface area (Å²) in [6, 6.07) is 7.38. The molecule has 20 heavy (non-hydrogen) atoms. The molecule has 6 heteroatoms. The average molecular weight is 338 g/mol. The monoisotopic (exact) mass is 337 g/mol. The molecular weight excluding hydrogens is 322 g/mol. The van der Waals surface area contributed by atoms with Crippen molar-refractivity contribution in [2.75, 3.05) is 5.32 Å². The first kappa shape index (κ1) is 14.6. The zero-order valence-electron chi connectivity index (χ0n) is 11.6. The Morgan fingerprint density at radius 2 is 1.85 bits per heavy atom. The number of nitrogens with one attached hydrogen (secondary N) is 1. The summed E-state index contributed by atoms with van der Waals surface area (Å²) in [4.78, 5) is 23.5. The molecule has 2 aromatic rings. The number of aryl methyl sites for hydroxylation is 1. The first-order chi connectivity index (χ1) is 9.40. The van der Waals surface area contributed by atoms with Crippen molar-refractivity contribution in [2.24, 2.45) is 14.1 Å². The summed E-state index contributed by atoms with van der Waals surface area (Å²) in [6.45, 7) is 2.42. The molecule has 2 rings (SSSR count). The molecule has 0 aliphatic rings. The van der Waals surface area contributed by atoms with Crippen LogP contribution in [-0.2, 0) is 20.6 Å². The van der Waals surface area contributed by atoms with Crippen LogP contribution in [0, 0.1) is 6.92 Å². The van der Waals surface area contributed by atoms with Crippen LogP contribution >= 0.6 is 15.9 Å². The molecule has 1 aromatic heterocycles. The Labute approximate surface area is 125 Å². The standard InChI is InChI=1S/C14H16BrN3O2/c1-9-6-10(15)4-5-12(9)16-8-11-7-13(19)18(3)14(20)17(11)2/h4-7,16H,8H2,1-3H3. The molecule has 0 saturated heterocycles. The molecule has 1 aromatic carbocycles. The van der Waals surface area contributed by atoms with Crippen LogP contribution in [0.3, 0.4) is 0 Å². The Morgan fingerprint density at radius 3 is 2.50 bits per heavy atom. The van der Waals surface area contributed by atoms with Crippen molar-refractivity contribution in [2.45, 2.75) is 13.5 Å². The minimum Gasteiger partial charge on any atom is -0.379 e. The van der Waals surface area contributed by atoms with Gasteiger partial charge in [-0.3, -0.25) is 13.9 Å². The number of hydrogen-bond donors (Lipinski definition) is 1. The lowest BCUT2D eigenvalue weighted by Crippen LogP contribution is -2.38. The molecule has 0 atom stereocenters. The summed E-state index contributed by atoms with van der Waals surface area (Å²) < 4.78 is 3.58. The quantitative estimate of drug-likeness (QED) is 0.928. The Kier molecular flexibility index (Phi) is 4.13. The summed E-state index contributed by atoms with van der Waals surface area (Å²) in [5, 5.41) is 3.24. The third-order valence-electron chi connectivity index (χ3n) is 3.27. The lowest BCUT2D eigenvalue weighted by molar-refractivity contribution is 0.655. The highest BCUT2D eigenvalue weighted by Gasteiger charge is 2.06. The van der Waals surface area contributed by atoms with Crippen molar-refractivity contribution >= 4 is 21.6 Å². The molecule has 106 valence electrons. The van der Waals surface area contributed by atoms with Gasteiger partial charge >= 0.3 is 5.69 Å². The second-order valence-electron chi connectivity index (χ2n) is 4.69. The van der Waals surface area contributed by atoms with Crippen LogP contribution in [0.5, 0.6) is 0 Å². The highest BCUT2D eigenvalue weighted by atomic mass is 79.9. The Bertz CT molecular complexity index is 762. The van der Waals surface area contributed by atoms with Crippen LogP contribution in [0.4, 0.5) is 5.69 Å². The van der Waals surface area contributed by atoms with Crippen molar-refractivity contribution in [3.63, 3.8) is 0 Å². The molecule has 0 unspecified atom stereocenters. The van der Waals surface area contributed by atoms with Crippen molar-refractivity contribution in [3.8, 4) is 0 Å². The Hall–Kier alpha value is -1.82. The molecule has 0 radical (unpaired) electrons. The fraction of sp³-hybridized carbons (Fsp3) is 0.286. The van der Waals surface area contributed by atoms with Gasteiger partial charge in [-0.15, -0.1) is 0 Å². The molecule has 1 heterocycles. The molecule has 0 aliphatic carbocycles. The van der Waals surface area contributed by atoms with Gasteiger partial charge in [0.05, 0.1) is 6.54 Å². The van der Waals surface area contributed by atoms with Crippen LogP contribution in [0.15, 0.2) is 38.3 Å². The zero-order chi connectivity index (χ0) is 14.9. The van der Waals surface area contributed by atoms with Crippen LogP contribution in [0.2, 0.25) is 0 Å². The number of nitrogens with zero attached hydrogens (tertiary/aromatic N) is 2. The second kappa shape index (κ2) is 5.66. The Morgan fingerprint density at radius 1 is 1.15 bits per heavy atom. The van der Waals surface area contributed by atoms with E-state index in [1.807, 2.05) is 25.1 Å². The average Bonchev–Trinajstić information content (AvgIpc) is 2.40. The number of benzene rings is 1. The van der Waals surface area contributed by atoms with E-state index in [1.165, 1.54) is 17.7 Å². The van der Waals surface area contributed by atoms with Crippen LogP contribution in [0.1, 0.15) is 11.3 Å². The number of aromatic nitrogens is 2. The maximum Gasteiger partial charge on any atom is 0.330 e. The smallest absolute Gasteiger partial charge is 0.330 e. The summed E-state index contributed by atoms with van der Waals surface area (Å²) in [7, 11) is 3.13. The van der Waals surface area contributed by atoms with E-state index >= 15 is 0 Å². The van der Waals surface area contributed by atoms with E-state index in [-0.39, 0.29) is 11.2 Å². The van der Waals surface area contributed by atoms with E-state index in [4.69, 9.17) is 0 Å². The third-order valence-corrected chi connectivity index (χ3v) is 3.77. The van der Waals surface area contributed by atoms with E-state index in [0.29, 0.717) is 12.2 Å². The van der Waals surface area contributed by atoms with Gasteiger partial charge in [-0.2, -0.15) is 0 Å². The van der Waals surface area contributed by atoms with Crippen LogP contribution < -0.4 is 16.6 Å². The van der Waals surface area contributed by atoms with Gasteiger partial charge < -0.3 is 5.32 Å². The molecule has 1 N–H and O–H groups in total. The van der Waals surface area contributed by atoms with Gasteiger partial charge in [0.25, 0.3) is 5.56 Å². The highest BCUT2D eigenvalue weighted by Crippen LogP contribution is 2.20. The van der Waals surface area contributed by atoms with Gasteiger partial charge in [-0.05, 0) is 30.7 Å². The topological polar surface area (TPSA) is 56.0 Å². The zero-order valence-corrected chi connectivity index (χ0v) is 13.2. The number of rotatable bonds is 3. The summed E-state index contributed by atoms with van der Waals surface area (Å²) in [5.74, 6) is 0. The summed E-state index contributed by atoms with van der Waals surface area (Å²) in [6.07, 6.45) is 0. The molecule has 0 amide bonds. The molecule has 0 saturated carbocycles. The van der Waals surface area contributed by atoms with Gasteiger partial charge in [0, 0.05) is 36.0 Å². The molecule has 0 fully saturated rings. The van der Waals surface area contributed by atoms with E-state index in [9.17, 15) is 9.59 Å². The summed E-state index contributed by atoms with van der Waals surface area (Å²) >= 11 is 3.41. The van der Waals surface area contributed by atoms with E-state index < -0.39 is 0 Å². The fourth-order valence-electron chi connectivity index (χ4n) is 1.96. The molecular formula is C14H16BrN3O2. The van der Waals surface area contributed by atoms with E-state index in [0.717, 1.165) is 20.3 Å². The first-order valence-corrected chi connectivity index (χ1v) is 6.95. The second-order valence-corrected chi connectivity index (χ2v) is 5.60. The highest BCUT2D eigenvalue weighted by molar-refractivity contribution is 9.10. The van der Waals surface area contributed by atoms with Crippen LogP contribution in [-0.4, -0.2) is 9.13 Å². The van der Waals surface area contributed by atoms with Gasteiger partial charge in [0.1, 0.15) is 0 Å². The number of hydrogen-bond acceptors (Lipinski definition) is 3. The van der Waals surface area contributed by atoms with Gasteiger partial charge in [-0.1, -0.05) is 15.9 Å². The fourth-order valence-corrected chi connectivity index (χ4v) is 2.43. The first-order valence-electron chi connectivity index (χ1n) is 6.16. The number of anilines is 1. The predicted octanol–water partition coefficient (Wildman–Crippen LogP) is 1.77. The summed E-state index contributed by atoms with van der Waals surface area (Å²) in [5.41, 5.74) is 2.11. The number of halogens is 1. The van der Waals surface area contributed by atoms with Crippen molar-refractivity contribution in [1.82, 2.24) is 9.13 Å². The van der Waals surface area contributed by atoms with Crippen molar-refractivity contribution in [1.29, 1.82) is 0 Å². The van der Waals surface area contributed by atoms with Crippen molar-refractivity contribution < 1.29 is 0 Å².